The quantitative estimate of drug-likeness (QED) is 0.892. The lowest BCUT2D eigenvalue weighted by Gasteiger charge is -2.33. The minimum Gasteiger partial charge on any atom is -0.497 e. The van der Waals surface area contributed by atoms with Gasteiger partial charge in [-0.3, -0.25) is 9.69 Å². The van der Waals surface area contributed by atoms with Gasteiger partial charge >= 0.3 is 6.03 Å². The van der Waals surface area contributed by atoms with Crippen molar-refractivity contribution >= 4 is 17.6 Å². The van der Waals surface area contributed by atoms with Gasteiger partial charge in [0.2, 0.25) is 0 Å². The zero-order valence-corrected chi connectivity index (χ0v) is 16.1. The van der Waals surface area contributed by atoms with Crippen molar-refractivity contribution in [3.63, 3.8) is 0 Å². The van der Waals surface area contributed by atoms with Gasteiger partial charge in [-0.05, 0) is 49.1 Å². The molecule has 2 heterocycles. The second-order valence-electron chi connectivity index (χ2n) is 7.28. The van der Waals surface area contributed by atoms with Crippen molar-refractivity contribution in [2.75, 3.05) is 31.6 Å². The Morgan fingerprint density at radius 2 is 1.82 bits per heavy atom. The lowest BCUT2D eigenvalue weighted by Crippen LogP contribution is -2.50. The molecule has 0 atom stereocenters. The molecule has 0 spiro atoms. The van der Waals surface area contributed by atoms with Gasteiger partial charge in [0, 0.05) is 36.9 Å². The van der Waals surface area contributed by atoms with Crippen LogP contribution >= 0.6 is 0 Å². The molecule has 2 aromatic carbocycles. The second kappa shape index (κ2) is 7.92. The molecule has 0 unspecified atom stereocenters. The number of nitrogens with one attached hydrogen (secondary N) is 1. The number of likely N-dealkylation sites (tertiary alicyclic amines) is 1. The van der Waals surface area contributed by atoms with E-state index in [-0.39, 0.29) is 18.0 Å². The second-order valence-corrected chi connectivity index (χ2v) is 7.28. The Kier molecular flexibility index (Phi) is 5.19. The maximum absolute atomic E-state index is 12.7. The Hall–Kier alpha value is -3.02. The molecular weight excluding hydrogens is 354 g/mol. The molecule has 1 fully saturated rings. The Morgan fingerprint density at radius 3 is 2.61 bits per heavy atom. The van der Waals surface area contributed by atoms with E-state index < -0.39 is 0 Å². The summed E-state index contributed by atoms with van der Waals surface area (Å²) in [6, 6.07) is 15.3. The topological polar surface area (TPSA) is 61.9 Å². The molecule has 6 heteroatoms. The maximum atomic E-state index is 12.7. The number of amides is 3. The van der Waals surface area contributed by atoms with E-state index in [1.165, 1.54) is 5.56 Å². The third-order valence-electron chi connectivity index (χ3n) is 5.56. The van der Waals surface area contributed by atoms with Crippen LogP contribution in [0.15, 0.2) is 48.5 Å². The lowest BCUT2D eigenvalue weighted by molar-refractivity contribution is 0.0708. The van der Waals surface area contributed by atoms with Crippen LogP contribution in [0.1, 0.15) is 28.8 Å². The minimum absolute atomic E-state index is 0.0112. The summed E-state index contributed by atoms with van der Waals surface area (Å²) in [6.45, 7) is 1.99. The van der Waals surface area contributed by atoms with Crippen molar-refractivity contribution in [2.45, 2.75) is 25.3 Å². The molecule has 1 saturated heterocycles. The van der Waals surface area contributed by atoms with Crippen LogP contribution in [0.5, 0.6) is 5.75 Å². The van der Waals surface area contributed by atoms with Gasteiger partial charge in [-0.1, -0.05) is 24.3 Å². The average Bonchev–Trinajstić information content (AvgIpc) is 3.18. The molecule has 3 amide bonds. The molecule has 0 bridgehead atoms. The summed E-state index contributed by atoms with van der Waals surface area (Å²) in [5.74, 6) is 0.691. The number of nitrogens with zero attached hydrogens (tertiary/aromatic N) is 2. The van der Waals surface area contributed by atoms with Gasteiger partial charge in [-0.15, -0.1) is 0 Å². The number of hydrogen-bond donors (Lipinski definition) is 1. The van der Waals surface area contributed by atoms with E-state index in [2.05, 4.69) is 11.4 Å². The van der Waals surface area contributed by atoms with Crippen LogP contribution < -0.4 is 15.0 Å². The van der Waals surface area contributed by atoms with E-state index in [1.807, 2.05) is 46.2 Å². The van der Waals surface area contributed by atoms with Crippen molar-refractivity contribution in [3.8, 4) is 5.75 Å². The normalized spacial score (nSPS) is 16.6. The lowest BCUT2D eigenvalue weighted by atomic mass is 10.0. The molecule has 2 aliphatic rings. The monoisotopic (exact) mass is 379 g/mol. The van der Waals surface area contributed by atoms with Gasteiger partial charge in [-0.25, -0.2) is 4.79 Å². The van der Waals surface area contributed by atoms with Crippen molar-refractivity contribution in [1.29, 1.82) is 0 Å². The number of piperidine rings is 1. The first kappa shape index (κ1) is 18.3. The van der Waals surface area contributed by atoms with Crippen molar-refractivity contribution in [1.82, 2.24) is 10.2 Å². The smallest absolute Gasteiger partial charge is 0.322 e. The fraction of sp³-hybridized carbons (Fsp3) is 0.364. The zero-order chi connectivity index (χ0) is 19.5. The molecule has 6 nitrogen and oxygen atoms in total. The van der Waals surface area contributed by atoms with Crippen molar-refractivity contribution in [3.05, 3.63) is 59.7 Å². The van der Waals surface area contributed by atoms with Gasteiger partial charge in [0.25, 0.3) is 5.91 Å². The van der Waals surface area contributed by atoms with Crippen LogP contribution in [-0.4, -0.2) is 49.6 Å². The number of rotatable bonds is 3. The Labute approximate surface area is 165 Å². The SMILES string of the molecule is COc1cccc(C(=O)N2CCC(NC(=O)N3CCc4ccccc43)CC2)c1. The standard InChI is InChI=1S/C22H25N3O3/c1-28-19-7-4-6-17(15-19)21(26)24-12-10-18(11-13-24)23-22(27)25-14-9-16-5-2-3-8-20(16)25/h2-8,15,18H,9-14H2,1H3,(H,23,27). The van der Waals surface area contributed by atoms with Gasteiger partial charge in [-0.2, -0.15) is 0 Å². The third-order valence-corrected chi connectivity index (χ3v) is 5.56. The van der Waals surface area contributed by atoms with E-state index in [1.54, 1.807) is 13.2 Å². The van der Waals surface area contributed by atoms with E-state index in [0.717, 1.165) is 31.5 Å². The number of anilines is 1. The van der Waals surface area contributed by atoms with E-state index in [0.29, 0.717) is 24.4 Å². The first-order chi connectivity index (χ1) is 13.7. The highest BCUT2D eigenvalue weighted by Crippen LogP contribution is 2.27. The van der Waals surface area contributed by atoms with Crippen LogP contribution in [0.4, 0.5) is 10.5 Å². The molecule has 0 aliphatic carbocycles. The molecule has 28 heavy (non-hydrogen) atoms. The summed E-state index contributed by atoms with van der Waals surface area (Å²) in [4.78, 5) is 29.1. The highest BCUT2D eigenvalue weighted by molar-refractivity contribution is 5.95. The Balaban J connectivity index is 1.32. The van der Waals surface area contributed by atoms with Crippen LogP contribution in [0, 0.1) is 0 Å². The molecule has 2 aliphatic heterocycles. The number of carbonyl (C=O) groups excluding carboxylic acids is 2. The largest absolute Gasteiger partial charge is 0.497 e. The van der Waals surface area contributed by atoms with E-state index >= 15 is 0 Å². The summed E-state index contributed by atoms with van der Waals surface area (Å²) in [6.07, 6.45) is 2.42. The fourth-order valence-electron chi connectivity index (χ4n) is 3.97. The number of benzene rings is 2. The summed E-state index contributed by atoms with van der Waals surface area (Å²) >= 11 is 0. The number of ether oxygens (including phenoxy) is 1. The first-order valence-electron chi connectivity index (χ1n) is 9.75. The summed E-state index contributed by atoms with van der Waals surface area (Å²) in [5, 5.41) is 3.15. The zero-order valence-electron chi connectivity index (χ0n) is 16.1. The third kappa shape index (κ3) is 3.67. The van der Waals surface area contributed by atoms with Crippen molar-refractivity contribution in [2.24, 2.45) is 0 Å². The molecular formula is C22H25N3O3. The fourth-order valence-corrected chi connectivity index (χ4v) is 3.97. The molecule has 0 saturated carbocycles. The number of para-hydroxylation sites is 1. The van der Waals surface area contributed by atoms with Crippen LogP contribution in [0.2, 0.25) is 0 Å². The van der Waals surface area contributed by atoms with Crippen LogP contribution in [0.3, 0.4) is 0 Å². The Bertz CT molecular complexity index is 875. The van der Waals surface area contributed by atoms with Gasteiger partial charge in [0.05, 0.1) is 7.11 Å². The summed E-state index contributed by atoms with van der Waals surface area (Å²) in [7, 11) is 1.59. The summed E-state index contributed by atoms with van der Waals surface area (Å²) < 4.78 is 5.20. The molecule has 4 rings (SSSR count). The molecule has 0 radical (unpaired) electrons. The molecule has 146 valence electrons. The van der Waals surface area contributed by atoms with E-state index in [9.17, 15) is 9.59 Å². The average molecular weight is 379 g/mol. The molecule has 0 aromatic heterocycles. The van der Waals surface area contributed by atoms with Gasteiger partial charge < -0.3 is 15.0 Å². The van der Waals surface area contributed by atoms with Crippen LogP contribution in [-0.2, 0) is 6.42 Å². The molecule has 1 N–H and O–H groups in total. The highest BCUT2D eigenvalue weighted by Gasteiger charge is 2.28. The summed E-state index contributed by atoms with van der Waals surface area (Å²) in [5.41, 5.74) is 2.86. The van der Waals surface area contributed by atoms with Gasteiger partial charge in [0.1, 0.15) is 5.75 Å². The number of fused-ring (bicyclic) bond motifs is 1. The molecule has 2 aromatic rings. The van der Waals surface area contributed by atoms with Crippen LogP contribution in [0.25, 0.3) is 0 Å². The number of methoxy groups -OCH3 is 1. The maximum Gasteiger partial charge on any atom is 0.322 e. The number of urea groups is 1. The first-order valence-corrected chi connectivity index (χ1v) is 9.75. The minimum atomic E-state index is -0.0393. The van der Waals surface area contributed by atoms with Crippen molar-refractivity contribution < 1.29 is 14.3 Å². The number of carbonyl (C=O) groups is 2. The van der Waals surface area contributed by atoms with Gasteiger partial charge in [0.15, 0.2) is 0 Å². The predicted molar refractivity (Wildman–Crippen MR) is 108 cm³/mol. The predicted octanol–water partition coefficient (Wildman–Crippen LogP) is 3.07. The highest BCUT2D eigenvalue weighted by atomic mass is 16.5. The number of hydrogen-bond acceptors (Lipinski definition) is 3. The van der Waals surface area contributed by atoms with E-state index in [4.69, 9.17) is 4.74 Å². The Morgan fingerprint density at radius 1 is 1.04 bits per heavy atom.